The van der Waals surface area contributed by atoms with E-state index in [9.17, 15) is 0 Å². The first-order valence-corrected chi connectivity index (χ1v) is 6.12. The van der Waals surface area contributed by atoms with E-state index in [1.54, 1.807) is 0 Å². The molecule has 18 heavy (non-hydrogen) atoms. The minimum Gasteiger partial charge on any atom is -0.316 e. The number of rotatable bonds is 2. The molecule has 0 saturated carbocycles. The largest absolute Gasteiger partial charge is 0.316 e. The van der Waals surface area contributed by atoms with Gasteiger partial charge in [0.2, 0.25) is 0 Å². The smallest absolute Gasteiger partial charge is 0.0994 e. The van der Waals surface area contributed by atoms with Gasteiger partial charge in [0.25, 0.3) is 0 Å². The van der Waals surface area contributed by atoms with Crippen LogP contribution in [-0.2, 0) is 0 Å². The molecule has 90 valence electrons. The number of hydrogen-bond acceptors (Lipinski definition) is 3. The molecule has 0 spiro atoms. The molecular formula is C14H14N4. The molecule has 4 nitrogen and oxygen atoms in total. The van der Waals surface area contributed by atoms with Crippen molar-refractivity contribution in [2.75, 3.05) is 13.1 Å². The zero-order chi connectivity index (χ0) is 12.4. The van der Waals surface area contributed by atoms with Crippen LogP contribution in [0.5, 0.6) is 0 Å². The summed E-state index contributed by atoms with van der Waals surface area (Å²) in [6.45, 7) is 2.07. The fraction of sp³-hybridized carbons (Fsp3) is 0.286. The van der Waals surface area contributed by atoms with E-state index >= 15 is 0 Å². The number of benzene rings is 1. The van der Waals surface area contributed by atoms with Gasteiger partial charge in [0, 0.05) is 30.0 Å². The molecule has 1 aromatic carbocycles. The third kappa shape index (κ3) is 1.89. The predicted octanol–water partition coefficient (Wildman–Crippen LogP) is 1.82. The fourth-order valence-electron chi connectivity index (χ4n) is 2.46. The normalized spacial score (nSPS) is 18.7. The number of nitriles is 1. The van der Waals surface area contributed by atoms with E-state index in [4.69, 9.17) is 5.26 Å². The summed E-state index contributed by atoms with van der Waals surface area (Å²) in [4.78, 5) is 4.25. The van der Waals surface area contributed by atoms with E-state index in [2.05, 4.69) is 20.9 Å². The number of nitrogens with zero attached hydrogens (tertiary/aromatic N) is 3. The summed E-state index contributed by atoms with van der Waals surface area (Å²) >= 11 is 0. The van der Waals surface area contributed by atoms with Crippen LogP contribution in [0.25, 0.3) is 5.69 Å². The van der Waals surface area contributed by atoms with E-state index in [-0.39, 0.29) is 0 Å². The first-order chi connectivity index (χ1) is 8.88. The molecular weight excluding hydrogens is 224 g/mol. The summed E-state index contributed by atoms with van der Waals surface area (Å²) < 4.78 is 2.08. The highest BCUT2D eigenvalue weighted by atomic mass is 15.1. The second-order valence-electron chi connectivity index (χ2n) is 4.54. The van der Waals surface area contributed by atoms with Gasteiger partial charge < -0.3 is 9.88 Å². The Balaban J connectivity index is 2.01. The molecule has 0 amide bonds. The van der Waals surface area contributed by atoms with Gasteiger partial charge in [0.05, 0.1) is 18.0 Å². The van der Waals surface area contributed by atoms with Crippen LogP contribution in [0.3, 0.4) is 0 Å². The third-order valence-electron chi connectivity index (χ3n) is 3.40. The third-order valence-corrected chi connectivity index (χ3v) is 3.40. The minimum atomic E-state index is 0.512. The highest BCUT2D eigenvalue weighted by Gasteiger charge is 2.20. The van der Waals surface area contributed by atoms with Crippen LogP contribution in [0.15, 0.2) is 36.8 Å². The summed E-state index contributed by atoms with van der Waals surface area (Å²) in [5, 5.41) is 12.3. The van der Waals surface area contributed by atoms with Crippen molar-refractivity contribution in [3.05, 3.63) is 48.0 Å². The average Bonchev–Trinajstić information content (AvgIpc) is 3.09. The van der Waals surface area contributed by atoms with Crippen LogP contribution in [0.4, 0.5) is 0 Å². The van der Waals surface area contributed by atoms with Gasteiger partial charge in [-0.25, -0.2) is 4.98 Å². The van der Waals surface area contributed by atoms with Gasteiger partial charge in [-0.3, -0.25) is 0 Å². The Morgan fingerprint density at radius 1 is 1.44 bits per heavy atom. The molecule has 0 aliphatic carbocycles. The maximum atomic E-state index is 8.96. The van der Waals surface area contributed by atoms with Crippen molar-refractivity contribution >= 4 is 0 Å². The quantitative estimate of drug-likeness (QED) is 0.868. The lowest BCUT2D eigenvalue weighted by atomic mass is 10.1. The number of hydrogen-bond donors (Lipinski definition) is 1. The second kappa shape index (κ2) is 4.63. The standard InChI is InChI=1S/C14H14N4/c15-7-11-2-1-3-13(6-11)18-10-17-9-14(18)12-4-5-16-8-12/h1-3,6,9-10,12,16H,4-5,8H2. The first kappa shape index (κ1) is 11.0. The van der Waals surface area contributed by atoms with Crippen LogP contribution in [-0.4, -0.2) is 22.6 Å². The Kier molecular flexibility index (Phi) is 2.83. The van der Waals surface area contributed by atoms with Crippen LogP contribution in [0.1, 0.15) is 23.6 Å². The van der Waals surface area contributed by atoms with Crippen molar-refractivity contribution in [1.82, 2.24) is 14.9 Å². The first-order valence-electron chi connectivity index (χ1n) is 6.12. The molecule has 1 N–H and O–H groups in total. The SMILES string of the molecule is N#Cc1cccc(-n2cncc2C2CCNC2)c1. The Labute approximate surface area is 106 Å². The molecule has 0 bridgehead atoms. The summed E-state index contributed by atoms with van der Waals surface area (Å²) in [5.41, 5.74) is 2.90. The number of nitrogens with one attached hydrogen (secondary N) is 1. The molecule has 1 atom stereocenters. The molecule has 3 rings (SSSR count). The zero-order valence-electron chi connectivity index (χ0n) is 10.0. The van der Waals surface area contributed by atoms with Gasteiger partial charge in [-0.2, -0.15) is 5.26 Å². The molecule has 1 aliphatic heterocycles. The van der Waals surface area contributed by atoms with Gasteiger partial charge in [-0.05, 0) is 31.2 Å². The highest BCUT2D eigenvalue weighted by molar-refractivity contribution is 5.42. The maximum absolute atomic E-state index is 8.96. The molecule has 4 heteroatoms. The van der Waals surface area contributed by atoms with Gasteiger partial charge in [0.1, 0.15) is 0 Å². The fourth-order valence-corrected chi connectivity index (χ4v) is 2.46. The van der Waals surface area contributed by atoms with E-state index in [1.807, 2.05) is 36.8 Å². The van der Waals surface area contributed by atoms with Crippen molar-refractivity contribution in [3.8, 4) is 11.8 Å². The monoisotopic (exact) mass is 238 g/mol. The summed E-state index contributed by atoms with van der Waals surface area (Å²) in [7, 11) is 0. The Morgan fingerprint density at radius 3 is 3.17 bits per heavy atom. The Hall–Kier alpha value is -2.12. The van der Waals surface area contributed by atoms with Crippen molar-refractivity contribution < 1.29 is 0 Å². The van der Waals surface area contributed by atoms with Gasteiger partial charge >= 0.3 is 0 Å². The minimum absolute atomic E-state index is 0.512. The molecule has 1 saturated heterocycles. The molecule has 1 aliphatic rings. The van der Waals surface area contributed by atoms with Crippen molar-refractivity contribution in [1.29, 1.82) is 5.26 Å². The van der Waals surface area contributed by atoms with Gasteiger partial charge in [0.15, 0.2) is 0 Å². The van der Waals surface area contributed by atoms with Crippen LogP contribution in [0, 0.1) is 11.3 Å². The lowest BCUT2D eigenvalue weighted by Gasteiger charge is -2.12. The Morgan fingerprint density at radius 2 is 2.39 bits per heavy atom. The van der Waals surface area contributed by atoms with Gasteiger partial charge in [-0.15, -0.1) is 0 Å². The summed E-state index contributed by atoms with van der Waals surface area (Å²) in [5.74, 6) is 0.512. The van der Waals surface area contributed by atoms with E-state index in [1.165, 1.54) is 5.69 Å². The topological polar surface area (TPSA) is 53.6 Å². The summed E-state index contributed by atoms with van der Waals surface area (Å²) in [6, 6.07) is 9.80. The number of aromatic nitrogens is 2. The molecule has 1 aromatic heterocycles. The number of imidazole rings is 1. The molecule has 0 radical (unpaired) electrons. The van der Waals surface area contributed by atoms with Crippen molar-refractivity contribution in [2.24, 2.45) is 0 Å². The average molecular weight is 238 g/mol. The van der Waals surface area contributed by atoms with E-state index in [0.717, 1.165) is 25.2 Å². The highest BCUT2D eigenvalue weighted by Crippen LogP contribution is 2.24. The molecule has 1 unspecified atom stereocenters. The van der Waals surface area contributed by atoms with Crippen LogP contribution < -0.4 is 5.32 Å². The Bertz CT molecular complexity index is 588. The second-order valence-corrected chi connectivity index (χ2v) is 4.54. The van der Waals surface area contributed by atoms with Gasteiger partial charge in [-0.1, -0.05) is 6.07 Å². The molecule has 2 heterocycles. The van der Waals surface area contributed by atoms with Crippen molar-refractivity contribution in [2.45, 2.75) is 12.3 Å². The maximum Gasteiger partial charge on any atom is 0.0994 e. The molecule has 1 fully saturated rings. The lowest BCUT2D eigenvalue weighted by Crippen LogP contribution is -2.10. The lowest BCUT2D eigenvalue weighted by molar-refractivity contribution is 0.714. The van der Waals surface area contributed by atoms with E-state index < -0.39 is 0 Å². The summed E-state index contributed by atoms with van der Waals surface area (Å²) in [6.07, 6.45) is 4.89. The van der Waals surface area contributed by atoms with Crippen LogP contribution in [0.2, 0.25) is 0 Å². The molecule has 2 aromatic rings. The predicted molar refractivity (Wildman–Crippen MR) is 68.5 cm³/mol. The van der Waals surface area contributed by atoms with E-state index in [0.29, 0.717) is 11.5 Å². The zero-order valence-corrected chi connectivity index (χ0v) is 10.0. The van der Waals surface area contributed by atoms with Crippen molar-refractivity contribution in [3.63, 3.8) is 0 Å². The van der Waals surface area contributed by atoms with Crippen LogP contribution >= 0.6 is 0 Å².